The summed E-state index contributed by atoms with van der Waals surface area (Å²) in [4.78, 5) is 13.8. The highest BCUT2D eigenvalue weighted by molar-refractivity contribution is 5.78. The molecule has 1 saturated carbocycles. The molecule has 1 aliphatic carbocycles. The number of nitrogens with one attached hydrogen (secondary N) is 1. The first-order valence-corrected chi connectivity index (χ1v) is 8.69. The first kappa shape index (κ1) is 18.2. The molecule has 138 valence electrons. The normalized spacial score (nSPS) is 25.0. The Hall–Kier alpha value is -1.60. The van der Waals surface area contributed by atoms with Crippen LogP contribution in [0.1, 0.15) is 42.9 Å². The third-order valence-electron chi connectivity index (χ3n) is 5.17. The van der Waals surface area contributed by atoms with Crippen LogP contribution in [0.5, 0.6) is 0 Å². The van der Waals surface area contributed by atoms with Gasteiger partial charge in [0.15, 0.2) is 0 Å². The van der Waals surface area contributed by atoms with Crippen molar-refractivity contribution in [3.63, 3.8) is 0 Å². The molecule has 1 aromatic rings. The van der Waals surface area contributed by atoms with Crippen LogP contribution in [-0.4, -0.2) is 41.7 Å². The Morgan fingerprint density at radius 1 is 1.28 bits per heavy atom. The van der Waals surface area contributed by atoms with Crippen molar-refractivity contribution in [3.05, 3.63) is 35.4 Å². The molecule has 0 unspecified atom stereocenters. The number of carbonyl (C=O) groups excluding carboxylic acids is 1. The first-order chi connectivity index (χ1) is 11.8. The minimum atomic E-state index is -4.46. The zero-order valence-electron chi connectivity index (χ0n) is 13.9. The van der Waals surface area contributed by atoms with Gasteiger partial charge in [-0.1, -0.05) is 24.6 Å². The van der Waals surface area contributed by atoms with Crippen molar-refractivity contribution in [2.45, 2.75) is 44.0 Å². The van der Waals surface area contributed by atoms with Crippen molar-refractivity contribution in [3.8, 4) is 0 Å². The predicted molar refractivity (Wildman–Crippen MR) is 86.7 cm³/mol. The van der Waals surface area contributed by atoms with E-state index in [0.29, 0.717) is 12.5 Å². The molecule has 0 bridgehead atoms. The molecule has 2 N–H and O–H groups in total. The SMILES string of the molecule is O=C(CN1C[C@H](O)C[C@@H]1c1ccccc1C(F)(F)F)NCC1CCC1. The number of nitrogens with zero attached hydrogens (tertiary/aromatic N) is 1. The predicted octanol–water partition coefficient (Wildman–Crippen LogP) is 2.73. The molecule has 1 aromatic carbocycles. The van der Waals surface area contributed by atoms with Gasteiger partial charge in [0, 0.05) is 19.1 Å². The number of rotatable bonds is 5. The average Bonchev–Trinajstić information content (AvgIpc) is 2.85. The highest BCUT2D eigenvalue weighted by atomic mass is 19.4. The fourth-order valence-corrected chi connectivity index (χ4v) is 3.62. The van der Waals surface area contributed by atoms with E-state index in [1.54, 1.807) is 11.0 Å². The standard InChI is InChI=1S/C18H23F3N2O2/c19-18(20,21)15-7-2-1-6-14(15)16-8-13(24)10-23(16)11-17(25)22-9-12-4-3-5-12/h1-2,6-7,12-13,16,24H,3-5,8-11H2,(H,22,25)/t13-,16-/m1/s1. The van der Waals surface area contributed by atoms with Crippen molar-refractivity contribution >= 4 is 5.91 Å². The number of hydrogen-bond acceptors (Lipinski definition) is 3. The van der Waals surface area contributed by atoms with Crippen LogP contribution in [0.2, 0.25) is 0 Å². The van der Waals surface area contributed by atoms with E-state index in [4.69, 9.17) is 0 Å². The van der Waals surface area contributed by atoms with Gasteiger partial charge in [-0.05, 0) is 36.8 Å². The van der Waals surface area contributed by atoms with E-state index in [2.05, 4.69) is 5.32 Å². The van der Waals surface area contributed by atoms with E-state index >= 15 is 0 Å². The molecular formula is C18H23F3N2O2. The largest absolute Gasteiger partial charge is 0.416 e. The molecule has 2 fully saturated rings. The monoisotopic (exact) mass is 356 g/mol. The maximum Gasteiger partial charge on any atom is 0.416 e. The average molecular weight is 356 g/mol. The van der Waals surface area contributed by atoms with Gasteiger partial charge < -0.3 is 10.4 Å². The summed E-state index contributed by atoms with van der Waals surface area (Å²) in [5.41, 5.74) is -0.577. The van der Waals surface area contributed by atoms with E-state index in [-0.39, 0.29) is 31.0 Å². The number of β-amino-alcohol motifs (C(OH)–C–C–N with tert-alkyl or cyclic N) is 1. The number of aliphatic hydroxyl groups excluding tert-OH is 1. The number of alkyl halides is 3. The van der Waals surface area contributed by atoms with Gasteiger partial charge in [-0.25, -0.2) is 0 Å². The molecule has 0 radical (unpaired) electrons. The first-order valence-electron chi connectivity index (χ1n) is 8.69. The van der Waals surface area contributed by atoms with Crippen LogP contribution in [-0.2, 0) is 11.0 Å². The van der Waals surface area contributed by atoms with Crippen molar-refractivity contribution in [2.24, 2.45) is 5.92 Å². The molecule has 2 atom stereocenters. The summed E-state index contributed by atoms with van der Waals surface area (Å²) in [6.07, 6.45) is -1.57. The minimum Gasteiger partial charge on any atom is -0.392 e. The van der Waals surface area contributed by atoms with Crippen LogP contribution in [0.15, 0.2) is 24.3 Å². The number of benzene rings is 1. The van der Waals surface area contributed by atoms with E-state index in [1.165, 1.54) is 18.6 Å². The fraction of sp³-hybridized carbons (Fsp3) is 0.611. The molecule has 4 nitrogen and oxygen atoms in total. The lowest BCUT2D eigenvalue weighted by Gasteiger charge is -2.28. The second-order valence-electron chi connectivity index (χ2n) is 7.02. The number of carbonyl (C=O) groups is 1. The quantitative estimate of drug-likeness (QED) is 0.853. The second kappa shape index (κ2) is 7.33. The lowest BCUT2D eigenvalue weighted by molar-refractivity contribution is -0.138. The van der Waals surface area contributed by atoms with Gasteiger partial charge in [0.25, 0.3) is 0 Å². The Kier molecular flexibility index (Phi) is 5.34. The van der Waals surface area contributed by atoms with Crippen LogP contribution in [0.25, 0.3) is 0 Å². The zero-order chi connectivity index (χ0) is 18.0. The van der Waals surface area contributed by atoms with Crippen molar-refractivity contribution in [1.82, 2.24) is 10.2 Å². The number of halogens is 3. The maximum atomic E-state index is 13.3. The van der Waals surface area contributed by atoms with Gasteiger partial charge in [0.1, 0.15) is 0 Å². The third-order valence-corrected chi connectivity index (χ3v) is 5.17. The van der Waals surface area contributed by atoms with Gasteiger partial charge in [0.2, 0.25) is 5.91 Å². The van der Waals surface area contributed by atoms with Crippen LogP contribution < -0.4 is 5.32 Å². The summed E-state index contributed by atoms with van der Waals surface area (Å²) in [5, 5.41) is 12.8. The second-order valence-corrected chi connectivity index (χ2v) is 7.02. The Balaban J connectivity index is 1.70. The van der Waals surface area contributed by atoms with Gasteiger partial charge >= 0.3 is 6.18 Å². The molecule has 1 heterocycles. The van der Waals surface area contributed by atoms with Crippen molar-refractivity contribution < 1.29 is 23.1 Å². The third kappa shape index (κ3) is 4.33. The lowest BCUT2D eigenvalue weighted by Crippen LogP contribution is -2.40. The summed E-state index contributed by atoms with van der Waals surface area (Å²) >= 11 is 0. The van der Waals surface area contributed by atoms with E-state index in [9.17, 15) is 23.1 Å². The highest BCUT2D eigenvalue weighted by Crippen LogP contribution is 2.40. The van der Waals surface area contributed by atoms with Crippen LogP contribution in [0.4, 0.5) is 13.2 Å². The summed E-state index contributed by atoms with van der Waals surface area (Å²) in [6, 6.07) is 4.79. The van der Waals surface area contributed by atoms with E-state index in [0.717, 1.165) is 18.9 Å². The van der Waals surface area contributed by atoms with Gasteiger partial charge in [-0.3, -0.25) is 9.69 Å². The molecule has 2 aliphatic rings. The zero-order valence-corrected chi connectivity index (χ0v) is 13.9. The highest BCUT2D eigenvalue weighted by Gasteiger charge is 2.40. The minimum absolute atomic E-state index is 0.000633. The number of likely N-dealkylation sites (tertiary alicyclic amines) is 1. The maximum absolute atomic E-state index is 13.3. The Labute approximate surface area is 145 Å². The van der Waals surface area contributed by atoms with Crippen molar-refractivity contribution in [1.29, 1.82) is 0 Å². The lowest BCUT2D eigenvalue weighted by atomic mass is 9.85. The van der Waals surface area contributed by atoms with E-state index in [1.807, 2.05) is 0 Å². The van der Waals surface area contributed by atoms with Crippen LogP contribution in [0, 0.1) is 5.92 Å². The summed E-state index contributed by atoms with van der Waals surface area (Å²) in [6.45, 7) is 0.827. The molecule has 25 heavy (non-hydrogen) atoms. The van der Waals surface area contributed by atoms with Crippen LogP contribution in [0.3, 0.4) is 0 Å². The molecule has 0 aromatic heterocycles. The topological polar surface area (TPSA) is 52.6 Å². The fourth-order valence-electron chi connectivity index (χ4n) is 3.62. The molecule has 1 aliphatic heterocycles. The molecule has 1 saturated heterocycles. The Bertz CT molecular complexity index is 617. The molecule has 0 spiro atoms. The number of hydrogen-bond donors (Lipinski definition) is 2. The van der Waals surface area contributed by atoms with Gasteiger partial charge in [0.05, 0.1) is 18.2 Å². The van der Waals surface area contributed by atoms with Gasteiger partial charge in [-0.2, -0.15) is 13.2 Å². The molecule has 7 heteroatoms. The summed E-state index contributed by atoms with van der Waals surface area (Å²) in [5.74, 6) is 0.324. The van der Waals surface area contributed by atoms with Crippen LogP contribution >= 0.6 is 0 Å². The van der Waals surface area contributed by atoms with E-state index < -0.39 is 23.9 Å². The summed E-state index contributed by atoms with van der Waals surface area (Å²) < 4.78 is 39.8. The Morgan fingerprint density at radius 3 is 2.64 bits per heavy atom. The summed E-state index contributed by atoms with van der Waals surface area (Å²) in [7, 11) is 0. The smallest absolute Gasteiger partial charge is 0.392 e. The molecular weight excluding hydrogens is 333 g/mol. The van der Waals surface area contributed by atoms with Crippen molar-refractivity contribution in [2.75, 3.05) is 19.6 Å². The van der Waals surface area contributed by atoms with Gasteiger partial charge in [-0.15, -0.1) is 0 Å². The molecule has 3 rings (SSSR count). The molecule has 1 amide bonds. The number of aliphatic hydroxyl groups is 1. The number of amides is 1. The Morgan fingerprint density at radius 2 is 2.00 bits per heavy atom.